The van der Waals surface area contributed by atoms with E-state index < -0.39 is 10.0 Å². The number of hydrogen-bond acceptors (Lipinski definition) is 4. The quantitative estimate of drug-likeness (QED) is 0.781. The summed E-state index contributed by atoms with van der Waals surface area (Å²) in [5.41, 5.74) is 6.53. The molecule has 1 amide bonds. The highest BCUT2D eigenvalue weighted by molar-refractivity contribution is 7.89. The lowest BCUT2D eigenvalue weighted by Crippen LogP contribution is -2.30. The lowest BCUT2D eigenvalue weighted by Gasteiger charge is -2.12. The van der Waals surface area contributed by atoms with Crippen molar-refractivity contribution in [2.24, 2.45) is 5.73 Å². The Balaban J connectivity index is 0.00000242. The van der Waals surface area contributed by atoms with Crippen LogP contribution in [0.5, 0.6) is 0 Å². The Morgan fingerprint density at radius 1 is 1.36 bits per heavy atom. The summed E-state index contributed by atoms with van der Waals surface area (Å²) in [5.74, 6) is -0.0742. The van der Waals surface area contributed by atoms with E-state index >= 15 is 0 Å². The van der Waals surface area contributed by atoms with E-state index in [1.807, 2.05) is 0 Å². The van der Waals surface area contributed by atoms with Crippen molar-refractivity contribution in [2.75, 3.05) is 20.1 Å². The molecule has 0 aromatic heterocycles. The Hall–Kier alpha value is -1.41. The average molecular weight is 346 g/mol. The molecule has 1 saturated heterocycles. The van der Waals surface area contributed by atoms with E-state index in [0.717, 1.165) is 12.0 Å². The third-order valence-corrected chi connectivity index (χ3v) is 4.84. The van der Waals surface area contributed by atoms with Crippen molar-refractivity contribution in [3.05, 3.63) is 35.9 Å². The number of nitrogens with two attached hydrogens (primary N) is 1. The normalized spacial score (nSPS) is 18.5. The maximum atomic E-state index is 11.9. The SMILES string of the molecule is CNS(=O)(=O)c1ccc(C=CC(=O)N2CC[C@H](N)C2)cc1.Cl. The summed E-state index contributed by atoms with van der Waals surface area (Å²) in [5, 5.41) is 0. The molecule has 22 heavy (non-hydrogen) atoms. The number of halogens is 1. The molecule has 1 heterocycles. The molecular weight excluding hydrogens is 326 g/mol. The van der Waals surface area contributed by atoms with Gasteiger partial charge in [0, 0.05) is 25.2 Å². The van der Waals surface area contributed by atoms with Gasteiger partial charge in [-0.15, -0.1) is 12.4 Å². The minimum atomic E-state index is -3.43. The van der Waals surface area contributed by atoms with Crippen LogP contribution < -0.4 is 10.5 Å². The fourth-order valence-corrected chi connectivity index (χ4v) is 2.87. The summed E-state index contributed by atoms with van der Waals surface area (Å²) < 4.78 is 25.4. The standard InChI is InChI=1S/C14H19N3O3S.ClH/c1-16-21(19,20)13-5-2-11(3-6-13)4-7-14(18)17-9-8-12(15)10-17;/h2-7,12,16H,8-10,15H2,1H3;1H/t12-;/m0./s1. The minimum absolute atomic E-state index is 0. The molecule has 0 unspecified atom stereocenters. The van der Waals surface area contributed by atoms with Crippen LogP contribution in [0.25, 0.3) is 6.08 Å². The maximum absolute atomic E-state index is 11.9. The minimum Gasteiger partial charge on any atom is -0.338 e. The monoisotopic (exact) mass is 345 g/mol. The Bertz CT molecular complexity index is 644. The van der Waals surface area contributed by atoms with Gasteiger partial charge in [-0.25, -0.2) is 13.1 Å². The molecule has 0 spiro atoms. The first kappa shape index (κ1) is 18.6. The van der Waals surface area contributed by atoms with Crippen LogP contribution in [0.1, 0.15) is 12.0 Å². The number of nitrogens with zero attached hydrogens (tertiary/aromatic N) is 1. The molecule has 0 aliphatic carbocycles. The fraction of sp³-hybridized carbons (Fsp3) is 0.357. The zero-order valence-electron chi connectivity index (χ0n) is 12.2. The Morgan fingerprint density at radius 3 is 2.50 bits per heavy atom. The molecule has 1 aromatic carbocycles. The molecule has 1 fully saturated rings. The van der Waals surface area contributed by atoms with Crippen molar-refractivity contribution >= 4 is 34.4 Å². The molecule has 1 aliphatic rings. The number of carbonyl (C=O) groups is 1. The smallest absolute Gasteiger partial charge is 0.246 e. The molecule has 0 bridgehead atoms. The summed E-state index contributed by atoms with van der Waals surface area (Å²) in [6.07, 6.45) is 3.98. The van der Waals surface area contributed by atoms with Crippen LogP contribution in [-0.4, -0.2) is 45.4 Å². The Morgan fingerprint density at radius 2 is 2.00 bits per heavy atom. The van der Waals surface area contributed by atoms with Crippen molar-refractivity contribution in [3.63, 3.8) is 0 Å². The topological polar surface area (TPSA) is 92.5 Å². The number of rotatable bonds is 4. The second-order valence-corrected chi connectivity index (χ2v) is 6.83. The number of benzene rings is 1. The third-order valence-electron chi connectivity index (χ3n) is 3.41. The molecule has 3 N–H and O–H groups in total. The van der Waals surface area contributed by atoms with E-state index in [1.54, 1.807) is 23.1 Å². The lowest BCUT2D eigenvalue weighted by molar-refractivity contribution is -0.124. The highest BCUT2D eigenvalue weighted by Crippen LogP contribution is 2.12. The van der Waals surface area contributed by atoms with E-state index in [-0.39, 0.29) is 29.3 Å². The van der Waals surface area contributed by atoms with Crippen LogP contribution in [0.15, 0.2) is 35.2 Å². The second kappa shape index (κ2) is 7.73. The van der Waals surface area contributed by atoms with E-state index in [2.05, 4.69) is 4.72 Å². The number of hydrogen-bond donors (Lipinski definition) is 2. The predicted molar refractivity (Wildman–Crippen MR) is 88.1 cm³/mol. The maximum Gasteiger partial charge on any atom is 0.246 e. The number of amides is 1. The van der Waals surface area contributed by atoms with Crippen molar-refractivity contribution in [3.8, 4) is 0 Å². The van der Waals surface area contributed by atoms with Gasteiger partial charge >= 0.3 is 0 Å². The van der Waals surface area contributed by atoms with Gasteiger partial charge in [-0.3, -0.25) is 4.79 Å². The van der Waals surface area contributed by atoms with Gasteiger partial charge in [-0.2, -0.15) is 0 Å². The molecule has 0 radical (unpaired) electrons. The summed E-state index contributed by atoms with van der Waals surface area (Å²) >= 11 is 0. The fourth-order valence-electron chi connectivity index (χ4n) is 2.14. The molecule has 0 saturated carbocycles. The van der Waals surface area contributed by atoms with Gasteiger partial charge in [-0.05, 0) is 37.2 Å². The van der Waals surface area contributed by atoms with Crippen molar-refractivity contribution in [1.82, 2.24) is 9.62 Å². The largest absolute Gasteiger partial charge is 0.338 e. The number of nitrogens with one attached hydrogen (secondary N) is 1. The molecular formula is C14H20ClN3O3S. The number of sulfonamides is 1. The molecule has 122 valence electrons. The van der Waals surface area contributed by atoms with Crippen LogP contribution in [0.4, 0.5) is 0 Å². The molecule has 8 heteroatoms. The first-order valence-corrected chi connectivity index (χ1v) is 8.17. The zero-order valence-corrected chi connectivity index (χ0v) is 13.9. The highest BCUT2D eigenvalue weighted by atomic mass is 35.5. The van der Waals surface area contributed by atoms with Crippen molar-refractivity contribution in [2.45, 2.75) is 17.4 Å². The number of carbonyl (C=O) groups excluding carboxylic acids is 1. The van der Waals surface area contributed by atoms with Gasteiger partial charge in [0.25, 0.3) is 0 Å². The van der Waals surface area contributed by atoms with Crippen LogP contribution in [0.2, 0.25) is 0 Å². The van der Waals surface area contributed by atoms with Gasteiger partial charge in [0.05, 0.1) is 4.90 Å². The van der Waals surface area contributed by atoms with Crippen molar-refractivity contribution < 1.29 is 13.2 Å². The van der Waals surface area contributed by atoms with Crippen LogP contribution in [0, 0.1) is 0 Å². The molecule has 6 nitrogen and oxygen atoms in total. The van der Waals surface area contributed by atoms with Gasteiger partial charge < -0.3 is 10.6 Å². The van der Waals surface area contributed by atoms with Gasteiger partial charge in [0.2, 0.25) is 15.9 Å². The predicted octanol–water partition coefficient (Wildman–Crippen LogP) is 0.589. The van der Waals surface area contributed by atoms with Crippen LogP contribution in [-0.2, 0) is 14.8 Å². The van der Waals surface area contributed by atoms with Crippen molar-refractivity contribution in [1.29, 1.82) is 0 Å². The molecule has 2 rings (SSSR count). The zero-order chi connectivity index (χ0) is 15.5. The summed E-state index contributed by atoms with van der Waals surface area (Å²) in [6.45, 7) is 1.27. The molecule has 1 atom stereocenters. The summed E-state index contributed by atoms with van der Waals surface area (Å²) in [4.78, 5) is 13.8. The first-order chi connectivity index (χ1) is 9.92. The van der Waals surface area contributed by atoms with Gasteiger partial charge in [0.15, 0.2) is 0 Å². The van der Waals surface area contributed by atoms with E-state index in [4.69, 9.17) is 5.73 Å². The molecule has 1 aromatic rings. The highest BCUT2D eigenvalue weighted by Gasteiger charge is 2.21. The van der Waals surface area contributed by atoms with Crippen LogP contribution >= 0.6 is 12.4 Å². The Labute approximate surface area is 136 Å². The average Bonchev–Trinajstić information content (AvgIpc) is 2.92. The van der Waals surface area contributed by atoms with Gasteiger partial charge in [-0.1, -0.05) is 12.1 Å². The van der Waals surface area contributed by atoms with E-state index in [0.29, 0.717) is 13.1 Å². The Kier molecular flexibility index (Phi) is 6.55. The van der Waals surface area contributed by atoms with E-state index in [1.165, 1.54) is 25.3 Å². The summed E-state index contributed by atoms with van der Waals surface area (Å²) in [7, 11) is -2.06. The molecule has 1 aliphatic heterocycles. The van der Waals surface area contributed by atoms with Crippen LogP contribution in [0.3, 0.4) is 0 Å². The van der Waals surface area contributed by atoms with E-state index in [9.17, 15) is 13.2 Å². The first-order valence-electron chi connectivity index (χ1n) is 6.68. The second-order valence-electron chi connectivity index (χ2n) is 4.94. The van der Waals surface area contributed by atoms with Gasteiger partial charge in [0.1, 0.15) is 0 Å². The summed E-state index contributed by atoms with van der Waals surface area (Å²) in [6, 6.07) is 6.38. The lowest BCUT2D eigenvalue weighted by atomic mass is 10.2. The number of likely N-dealkylation sites (tertiary alicyclic amines) is 1. The third kappa shape index (κ3) is 4.54.